The second kappa shape index (κ2) is 10.5. The van der Waals surface area contributed by atoms with Gasteiger partial charge in [0, 0.05) is 31.9 Å². The molecular formula is C24H28N4O4. The molecule has 8 nitrogen and oxygen atoms in total. The standard InChI is InChI=1S/C24H28N4O4/c1-3-18(15-23(29)30)19-6-9-22(27-10-12-28(13-11-27)24(31)32-2)21(14-19)26-20-7-4-17(16-25)5-8-20/h4-9,14,18,26H,3,10-13,15H2,1-2H3,(H,29,30). The number of carbonyl (C=O) groups excluding carboxylic acids is 1. The number of nitriles is 1. The van der Waals surface area contributed by atoms with Crippen molar-refractivity contribution in [3.63, 3.8) is 0 Å². The first kappa shape index (κ1) is 22.9. The lowest BCUT2D eigenvalue weighted by Gasteiger charge is -2.36. The van der Waals surface area contributed by atoms with Crippen LogP contribution in [0, 0.1) is 11.3 Å². The van der Waals surface area contributed by atoms with Crippen LogP contribution in [0.15, 0.2) is 42.5 Å². The topological polar surface area (TPSA) is 106 Å². The van der Waals surface area contributed by atoms with E-state index < -0.39 is 5.97 Å². The molecule has 0 aliphatic carbocycles. The fraction of sp³-hybridized carbons (Fsp3) is 0.375. The van der Waals surface area contributed by atoms with Gasteiger partial charge >= 0.3 is 12.1 Å². The van der Waals surface area contributed by atoms with Gasteiger partial charge in [-0.3, -0.25) is 4.79 Å². The number of aliphatic carboxylic acids is 1. The maximum atomic E-state index is 11.8. The van der Waals surface area contributed by atoms with Gasteiger partial charge in [-0.05, 0) is 54.3 Å². The molecule has 0 aromatic heterocycles. The Hall–Kier alpha value is -3.73. The van der Waals surface area contributed by atoms with Gasteiger partial charge in [-0.2, -0.15) is 5.26 Å². The quantitative estimate of drug-likeness (QED) is 0.671. The summed E-state index contributed by atoms with van der Waals surface area (Å²) >= 11 is 0. The number of carboxylic acid groups (broad SMARTS) is 1. The molecule has 1 atom stereocenters. The predicted octanol–water partition coefficient (Wildman–Crippen LogP) is 4.16. The fourth-order valence-corrected chi connectivity index (χ4v) is 3.93. The van der Waals surface area contributed by atoms with Gasteiger partial charge in [-0.25, -0.2) is 4.79 Å². The predicted molar refractivity (Wildman–Crippen MR) is 122 cm³/mol. The molecule has 0 radical (unpaired) electrons. The number of ether oxygens (including phenoxy) is 1. The molecule has 2 N–H and O–H groups in total. The Bertz CT molecular complexity index is 992. The lowest BCUT2D eigenvalue weighted by atomic mass is 9.92. The Morgan fingerprint density at radius 3 is 2.41 bits per heavy atom. The van der Waals surface area contributed by atoms with Crippen LogP contribution in [0.3, 0.4) is 0 Å². The molecule has 1 heterocycles. The molecule has 3 rings (SSSR count). The van der Waals surface area contributed by atoms with Crippen LogP contribution in [0.25, 0.3) is 0 Å². The highest BCUT2D eigenvalue weighted by molar-refractivity contribution is 5.77. The summed E-state index contributed by atoms with van der Waals surface area (Å²) in [6.07, 6.45) is 0.472. The number of hydrogen-bond acceptors (Lipinski definition) is 6. The zero-order valence-electron chi connectivity index (χ0n) is 18.4. The van der Waals surface area contributed by atoms with E-state index in [9.17, 15) is 14.7 Å². The Balaban J connectivity index is 1.90. The van der Waals surface area contributed by atoms with Crippen LogP contribution in [0.1, 0.15) is 36.8 Å². The Kier molecular flexibility index (Phi) is 7.55. The van der Waals surface area contributed by atoms with Crippen molar-refractivity contribution >= 4 is 29.1 Å². The van der Waals surface area contributed by atoms with E-state index >= 15 is 0 Å². The minimum Gasteiger partial charge on any atom is -0.481 e. The van der Waals surface area contributed by atoms with E-state index in [1.807, 2.05) is 37.3 Å². The summed E-state index contributed by atoms with van der Waals surface area (Å²) in [5.41, 5.74) is 4.22. The number of rotatable bonds is 7. The lowest BCUT2D eigenvalue weighted by Crippen LogP contribution is -2.48. The van der Waals surface area contributed by atoms with Crippen LogP contribution < -0.4 is 10.2 Å². The number of amides is 1. The molecule has 0 bridgehead atoms. The summed E-state index contributed by atoms with van der Waals surface area (Å²) in [4.78, 5) is 27.0. The second-order valence-corrected chi connectivity index (χ2v) is 7.74. The minimum atomic E-state index is -0.818. The van der Waals surface area contributed by atoms with Crippen molar-refractivity contribution in [2.75, 3.05) is 43.5 Å². The first-order chi connectivity index (χ1) is 15.4. The Morgan fingerprint density at radius 1 is 1.16 bits per heavy atom. The molecule has 1 aliphatic rings. The summed E-state index contributed by atoms with van der Waals surface area (Å²) < 4.78 is 4.82. The first-order valence-electron chi connectivity index (χ1n) is 10.7. The Morgan fingerprint density at radius 2 is 1.84 bits per heavy atom. The van der Waals surface area contributed by atoms with Crippen molar-refractivity contribution in [1.29, 1.82) is 5.26 Å². The van der Waals surface area contributed by atoms with Gasteiger partial charge in [0.15, 0.2) is 0 Å². The second-order valence-electron chi connectivity index (χ2n) is 7.74. The smallest absolute Gasteiger partial charge is 0.409 e. The summed E-state index contributed by atoms with van der Waals surface area (Å²) in [7, 11) is 1.38. The SMILES string of the molecule is CCC(CC(=O)O)c1ccc(N2CCN(C(=O)OC)CC2)c(Nc2ccc(C#N)cc2)c1. The minimum absolute atomic E-state index is 0.0734. The zero-order valence-corrected chi connectivity index (χ0v) is 18.4. The van der Waals surface area contributed by atoms with Crippen LogP contribution in [-0.2, 0) is 9.53 Å². The molecule has 8 heteroatoms. The molecule has 1 saturated heterocycles. The van der Waals surface area contributed by atoms with E-state index in [0.29, 0.717) is 31.7 Å². The molecular weight excluding hydrogens is 408 g/mol. The number of nitrogens with zero attached hydrogens (tertiary/aromatic N) is 3. The van der Waals surface area contributed by atoms with Gasteiger partial charge in [0.2, 0.25) is 0 Å². The van der Waals surface area contributed by atoms with Crippen molar-refractivity contribution < 1.29 is 19.4 Å². The molecule has 0 saturated carbocycles. The highest BCUT2D eigenvalue weighted by Crippen LogP contribution is 2.35. The van der Waals surface area contributed by atoms with Crippen molar-refractivity contribution in [1.82, 2.24) is 4.90 Å². The maximum Gasteiger partial charge on any atom is 0.409 e. The van der Waals surface area contributed by atoms with Crippen LogP contribution in [0.5, 0.6) is 0 Å². The zero-order chi connectivity index (χ0) is 23.1. The average Bonchev–Trinajstić information content (AvgIpc) is 2.82. The third kappa shape index (κ3) is 5.49. The maximum absolute atomic E-state index is 11.8. The van der Waals surface area contributed by atoms with E-state index in [-0.39, 0.29) is 18.4 Å². The van der Waals surface area contributed by atoms with Crippen LogP contribution >= 0.6 is 0 Å². The number of carbonyl (C=O) groups is 2. The van der Waals surface area contributed by atoms with Gasteiger partial charge < -0.3 is 25.0 Å². The Labute approximate surface area is 188 Å². The highest BCUT2D eigenvalue weighted by Gasteiger charge is 2.24. The van der Waals surface area contributed by atoms with Crippen molar-refractivity contribution in [3.05, 3.63) is 53.6 Å². The van der Waals surface area contributed by atoms with E-state index in [0.717, 1.165) is 29.0 Å². The molecule has 1 fully saturated rings. The number of methoxy groups -OCH3 is 1. The highest BCUT2D eigenvalue weighted by atomic mass is 16.5. The van der Waals surface area contributed by atoms with Crippen LogP contribution in [-0.4, -0.2) is 55.4 Å². The van der Waals surface area contributed by atoms with Crippen LogP contribution in [0.4, 0.5) is 21.9 Å². The summed E-state index contributed by atoms with van der Waals surface area (Å²) in [6, 6.07) is 15.3. The molecule has 2 aromatic carbocycles. The van der Waals surface area contributed by atoms with Gasteiger partial charge in [0.05, 0.1) is 36.5 Å². The number of benzene rings is 2. The van der Waals surface area contributed by atoms with E-state index in [1.165, 1.54) is 7.11 Å². The first-order valence-corrected chi connectivity index (χ1v) is 10.7. The fourth-order valence-electron chi connectivity index (χ4n) is 3.93. The molecule has 1 unspecified atom stereocenters. The summed E-state index contributed by atoms with van der Waals surface area (Å²) in [5.74, 6) is -0.902. The van der Waals surface area contributed by atoms with Gasteiger partial charge in [-0.1, -0.05) is 13.0 Å². The summed E-state index contributed by atoms with van der Waals surface area (Å²) in [6.45, 7) is 4.41. The third-order valence-corrected chi connectivity index (χ3v) is 5.75. The van der Waals surface area contributed by atoms with Gasteiger partial charge in [0.25, 0.3) is 0 Å². The number of carboxylic acids is 1. The number of nitrogens with one attached hydrogen (secondary N) is 1. The van der Waals surface area contributed by atoms with E-state index in [4.69, 9.17) is 10.00 Å². The number of piperazine rings is 1. The van der Waals surface area contributed by atoms with Gasteiger partial charge in [-0.15, -0.1) is 0 Å². The van der Waals surface area contributed by atoms with Crippen molar-refractivity contribution in [3.8, 4) is 6.07 Å². The van der Waals surface area contributed by atoms with Crippen molar-refractivity contribution in [2.24, 2.45) is 0 Å². The molecule has 1 amide bonds. The number of hydrogen-bond donors (Lipinski definition) is 2. The monoisotopic (exact) mass is 436 g/mol. The normalized spacial score (nSPS) is 14.4. The third-order valence-electron chi connectivity index (χ3n) is 5.75. The van der Waals surface area contributed by atoms with E-state index in [1.54, 1.807) is 17.0 Å². The lowest BCUT2D eigenvalue weighted by molar-refractivity contribution is -0.137. The van der Waals surface area contributed by atoms with Crippen LogP contribution in [0.2, 0.25) is 0 Å². The molecule has 2 aromatic rings. The molecule has 1 aliphatic heterocycles. The number of anilines is 3. The van der Waals surface area contributed by atoms with Gasteiger partial charge in [0.1, 0.15) is 0 Å². The molecule has 168 valence electrons. The van der Waals surface area contributed by atoms with E-state index in [2.05, 4.69) is 16.3 Å². The average molecular weight is 437 g/mol. The van der Waals surface area contributed by atoms with Crippen molar-refractivity contribution in [2.45, 2.75) is 25.7 Å². The summed E-state index contributed by atoms with van der Waals surface area (Å²) in [5, 5.41) is 21.8. The molecule has 0 spiro atoms. The largest absolute Gasteiger partial charge is 0.481 e. The molecule has 32 heavy (non-hydrogen) atoms.